The molecule has 0 aliphatic carbocycles. The van der Waals surface area contributed by atoms with E-state index in [1.807, 2.05) is 12.2 Å². The lowest BCUT2D eigenvalue weighted by Crippen LogP contribution is -2.52. The molecule has 6 nitrogen and oxygen atoms in total. The van der Waals surface area contributed by atoms with Crippen molar-refractivity contribution in [3.8, 4) is 0 Å². The van der Waals surface area contributed by atoms with Crippen molar-refractivity contribution in [3.63, 3.8) is 0 Å². The van der Waals surface area contributed by atoms with Crippen molar-refractivity contribution in [1.29, 1.82) is 0 Å². The number of rotatable bonds is 3. The Balaban J connectivity index is 1.42. The van der Waals surface area contributed by atoms with Gasteiger partial charge in [0, 0.05) is 31.7 Å². The fourth-order valence-electron chi connectivity index (χ4n) is 3.59. The molecule has 0 spiro atoms. The van der Waals surface area contributed by atoms with Crippen LogP contribution in [0.4, 0.5) is 0 Å². The molecule has 0 bridgehead atoms. The van der Waals surface area contributed by atoms with E-state index in [1.165, 1.54) is 0 Å². The first-order valence-corrected chi connectivity index (χ1v) is 10.0. The summed E-state index contributed by atoms with van der Waals surface area (Å²) in [5, 5.41) is 6.25. The summed E-state index contributed by atoms with van der Waals surface area (Å²) in [5.74, 6) is 0.720. The quantitative estimate of drug-likeness (QED) is 0.694. The molecule has 0 unspecified atom stereocenters. The lowest BCUT2D eigenvalue weighted by molar-refractivity contribution is -0.122. The molecule has 0 aromatic heterocycles. The number of nitrogens with zero attached hydrogens (tertiary/aromatic N) is 1. The van der Waals surface area contributed by atoms with Crippen LogP contribution in [0.15, 0.2) is 12.2 Å². The number of piperidine rings is 1. The number of sulfone groups is 1. The number of amides is 1. The summed E-state index contributed by atoms with van der Waals surface area (Å²) in [6, 6.07) is 0.466. The number of carbonyl (C=O) groups excluding carboxylic acids is 1. The van der Waals surface area contributed by atoms with Gasteiger partial charge in [-0.2, -0.15) is 0 Å². The number of hydrogen-bond acceptors (Lipinski definition) is 5. The lowest BCUT2D eigenvalue weighted by atomic mass is 10.0. The summed E-state index contributed by atoms with van der Waals surface area (Å²) >= 11 is 0. The standard InChI is InChI=1S/C15H25N3O3S/c19-15(14-2-1-7-16-14)17-12-3-8-18(9-4-12)13-5-10-22(20,21)11-6-13/h1-2,12-14,16H,3-11H2,(H,17,19)/t14-/m1/s1. The van der Waals surface area contributed by atoms with E-state index in [2.05, 4.69) is 15.5 Å². The number of carbonyl (C=O) groups is 1. The topological polar surface area (TPSA) is 78.5 Å². The fraction of sp³-hybridized carbons (Fsp3) is 0.800. The van der Waals surface area contributed by atoms with Gasteiger partial charge in [0.05, 0.1) is 11.5 Å². The van der Waals surface area contributed by atoms with Crippen LogP contribution >= 0.6 is 0 Å². The van der Waals surface area contributed by atoms with Gasteiger partial charge in [-0.3, -0.25) is 10.1 Å². The Morgan fingerprint density at radius 3 is 2.41 bits per heavy atom. The Kier molecular flexibility index (Phi) is 4.84. The van der Waals surface area contributed by atoms with Crippen molar-refractivity contribution in [2.45, 2.75) is 43.8 Å². The highest BCUT2D eigenvalue weighted by Crippen LogP contribution is 2.22. The highest BCUT2D eigenvalue weighted by atomic mass is 32.2. The first-order chi connectivity index (χ1) is 10.5. The Morgan fingerprint density at radius 1 is 1.14 bits per heavy atom. The van der Waals surface area contributed by atoms with E-state index in [9.17, 15) is 13.2 Å². The maximum Gasteiger partial charge on any atom is 0.241 e. The molecule has 3 heterocycles. The van der Waals surface area contributed by atoms with Gasteiger partial charge in [0.1, 0.15) is 15.9 Å². The monoisotopic (exact) mass is 327 g/mol. The molecule has 3 aliphatic rings. The molecule has 0 aromatic carbocycles. The molecule has 0 radical (unpaired) electrons. The fourth-order valence-corrected chi connectivity index (χ4v) is 5.06. The molecular weight excluding hydrogens is 302 g/mol. The van der Waals surface area contributed by atoms with E-state index in [0.29, 0.717) is 17.5 Å². The van der Waals surface area contributed by atoms with Crippen LogP contribution in [0.1, 0.15) is 25.7 Å². The molecule has 7 heteroatoms. The van der Waals surface area contributed by atoms with Gasteiger partial charge in [-0.05, 0) is 25.7 Å². The normalized spacial score (nSPS) is 30.5. The van der Waals surface area contributed by atoms with Crippen LogP contribution in [0, 0.1) is 0 Å². The summed E-state index contributed by atoms with van der Waals surface area (Å²) in [6.07, 6.45) is 7.31. The zero-order valence-corrected chi connectivity index (χ0v) is 13.6. The molecule has 1 amide bonds. The Morgan fingerprint density at radius 2 is 1.82 bits per heavy atom. The van der Waals surface area contributed by atoms with E-state index in [-0.39, 0.29) is 18.0 Å². The minimum atomic E-state index is -2.79. The highest BCUT2D eigenvalue weighted by Gasteiger charge is 2.31. The smallest absolute Gasteiger partial charge is 0.241 e. The summed E-state index contributed by atoms with van der Waals surface area (Å²) in [4.78, 5) is 14.5. The largest absolute Gasteiger partial charge is 0.352 e. The third-order valence-electron chi connectivity index (χ3n) is 4.98. The minimum absolute atomic E-state index is 0.0657. The van der Waals surface area contributed by atoms with Gasteiger partial charge in [-0.25, -0.2) is 8.42 Å². The van der Waals surface area contributed by atoms with Crippen molar-refractivity contribution in [3.05, 3.63) is 12.2 Å². The average molecular weight is 327 g/mol. The van der Waals surface area contributed by atoms with Crippen molar-refractivity contribution in [1.82, 2.24) is 15.5 Å². The second-order valence-electron chi connectivity index (χ2n) is 6.52. The molecule has 22 heavy (non-hydrogen) atoms. The van der Waals surface area contributed by atoms with E-state index in [1.54, 1.807) is 0 Å². The molecular formula is C15H25N3O3S. The van der Waals surface area contributed by atoms with Crippen LogP contribution in [-0.4, -0.2) is 68.5 Å². The molecule has 3 aliphatic heterocycles. The summed E-state index contributed by atoms with van der Waals surface area (Å²) in [5.41, 5.74) is 0. The van der Waals surface area contributed by atoms with Gasteiger partial charge in [0.2, 0.25) is 5.91 Å². The van der Waals surface area contributed by atoms with Crippen LogP contribution in [0.2, 0.25) is 0 Å². The van der Waals surface area contributed by atoms with Gasteiger partial charge in [-0.15, -0.1) is 0 Å². The van der Waals surface area contributed by atoms with E-state index >= 15 is 0 Å². The molecule has 3 rings (SSSR count). The summed E-state index contributed by atoms with van der Waals surface area (Å²) in [6.45, 7) is 2.66. The van der Waals surface area contributed by atoms with Crippen molar-refractivity contribution in [2.24, 2.45) is 0 Å². The molecule has 2 N–H and O–H groups in total. The van der Waals surface area contributed by atoms with E-state index in [0.717, 1.165) is 45.3 Å². The van der Waals surface area contributed by atoms with Crippen LogP contribution < -0.4 is 10.6 Å². The zero-order chi connectivity index (χ0) is 15.6. The van der Waals surface area contributed by atoms with E-state index in [4.69, 9.17) is 0 Å². The van der Waals surface area contributed by atoms with Crippen LogP contribution in [0.25, 0.3) is 0 Å². The lowest BCUT2D eigenvalue weighted by Gasteiger charge is -2.39. The highest BCUT2D eigenvalue weighted by molar-refractivity contribution is 7.91. The third kappa shape index (κ3) is 3.88. The van der Waals surface area contributed by atoms with Crippen LogP contribution in [0.3, 0.4) is 0 Å². The molecule has 0 saturated carbocycles. The second kappa shape index (κ2) is 6.68. The minimum Gasteiger partial charge on any atom is -0.352 e. The molecule has 124 valence electrons. The summed E-state index contributed by atoms with van der Waals surface area (Å²) < 4.78 is 23.0. The van der Waals surface area contributed by atoms with E-state index < -0.39 is 9.84 Å². The van der Waals surface area contributed by atoms with Crippen molar-refractivity contribution >= 4 is 15.7 Å². The summed E-state index contributed by atoms with van der Waals surface area (Å²) in [7, 11) is -2.79. The second-order valence-corrected chi connectivity index (χ2v) is 8.82. The molecule has 2 saturated heterocycles. The molecule has 1 atom stereocenters. The van der Waals surface area contributed by atoms with Gasteiger partial charge in [0.15, 0.2) is 0 Å². The number of nitrogens with one attached hydrogen (secondary N) is 2. The average Bonchev–Trinajstić information content (AvgIpc) is 3.03. The maximum atomic E-state index is 12.1. The maximum absolute atomic E-state index is 12.1. The van der Waals surface area contributed by atoms with Crippen LogP contribution in [0.5, 0.6) is 0 Å². The van der Waals surface area contributed by atoms with Gasteiger partial charge >= 0.3 is 0 Å². The third-order valence-corrected chi connectivity index (χ3v) is 6.70. The predicted octanol–water partition coefficient (Wildman–Crippen LogP) is -0.328. The molecule has 2 fully saturated rings. The van der Waals surface area contributed by atoms with Gasteiger partial charge < -0.3 is 10.2 Å². The SMILES string of the molecule is O=C(NC1CCN(C2CCS(=O)(=O)CC2)CC1)[C@H]1C=CCN1. The first-order valence-electron chi connectivity index (χ1n) is 8.18. The van der Waals surface area contributed by atoms with Crippen LogP contribution in [-0.2, 0) is 14.6 Å². The Hall–Kier alpha value is -0.920. The van der Waals surface area contributed by atoms with Crippen molar-refractivity contribution in [2.75, 3.05) is 31.1 Å². The Bertz CT molecular complexity index is 524. The van der Waals surface area contributed by atoms with Crippen molar-refractivity contribution < 1.29 is 13.2 Å². The number of likely N-dealkylation sites (tertiary alicyclic amines) is 1. The van der Waals surface area contributed by atoms with Gasteiger partial charge in [0.25, 0.3) is 0 Å². The molecule has 0 aromatic rings. The predicted molar refractivity (Wildman–Crippen MR) is 85.3 cm³/mol. The zero-order valence-electron chi connectivity index (χ0n) is 12.8. The first kappa shape index (κ1) is 16.0. The number of hydrogen-bond donors (Lipinski definition) is 2. The Labute approximate surface area is 132 Å². The van der Waals surface area contributed by atoms with Gasteiger partial charge in [-0.1, -0.05) is 12.2 Å².